The summed E-state index contributed by atoms with van der Waals surface area (Å²) in [5, 5.41) is 15.0. The number of aromatic nitrogens is 4. The molecule has 6 aromatic rings. The van der Waals surface area contributed by atoms with Gasteiger partial charge in [-0.25, -0.2) is 19.2 Å². The van der Waals surface area contributed by atoms with Gasteiger partial charge in [-0.05, 0) is 56.3 Å². The molecular weight excluding hydrogens is 766 g/mol. The quantitative estimate of drug-likeness (QED) is 0.108. The number of likely N-dealkylation sites (N-methyl/N-ethyl adjacent to an activating group) is 1. The van der Waals surface area contributed by atoms with Crippen molar-refractivity contribution in [1.29, 1.82) is 0 Å². The van der Waals surface area contributed by atoms with Gasteiger partial charge in [-0.3, -0.25) is 9.58 Å². The minimum Gasteiger partial charge on any atom is -0.491 e. The van der Waals surface area contributed by atoms with Crippen molar-refractivity contribution in [1.82, 2.24) is 29.5 Å². The summed E-state index contributed by atoms with van der Waals surface area (Å²) in [6.07, 6.45) is -2.01. The van der Waals surface area contributed by atoms with Gasteiger partial charge in [0.05, 0.1) is 23.7 Å². The summed E-state index contributed by atoms with van der Waals surface area (Å²) in [5.74, 6) is -1.57. The number of fused-ring (bicyclic) bond motifs is 1. The number of para-hydroxylation sites is 1. The zero-order chi connectivity index (χ0) is 40.4. The number of hydrogen-bond acceptors (Lipinski definition) is 11. The maximum absolute atomic E-state index is 16.7. The van der Waals surface area contributed by atoms with Gasteiger partial charge in [0, 0.05) is 62.7 Å². The Morgan fingerprint density at radius 3 is 2.61 bits per heavy atom. The molecule has 4 aromatic heterocycles. The van der Waals surface area contributed by atoms with Gasteiger partial charge in [-0.15, -0.1) is 11.3 Å². The fourth-order valence-electron chi connectivity index (χ4n) is 6.36. The number of halogens is 3. The van der Waals surface area contributed by atoms with Gasteiger partial charge >= 0.3 is 5.97 Å². The van der Waals surface area contributed by atoms with Crippen LogP contribution < -0.4 is 14.2 Å². The van der Waals surface area contributed by atoms with E-state index in [0.29, 0.717) is 50.3 Å². The van der Waals surface area contributed by atoms with Gasteiger partial charge in [0.15, 0.2) is 6.17 Å². The molecule has 0 bridgehead atoms. The number of aryl methyl sites for hydroxylation is 1. The molecule has 1 aliphatic rings. The maximum atomic E-state index is 16.7. The van der Waals surface area contributed by atoms with Crippen LogP contribution in [0.15, 0.2) is 71.5 Å². The Kier molecular flexibility index (Phi) is 12.0. The van der Waals surface area contributed by atoms with Gasteiger partial charge in [-0.1, -0.05) is 43.3 Å². The molecule has 7 rings (SSSR count). The third kappa shape index (κ3) is 8.50. The highest BCUT2D eigenvalue weighted by Crippen LogP contribution is 2.50. The van der Waals surface area contributed by atoms with Crippen molar-refractivity contribution >= 4 is 39.1 Å². The fourth-order valence-corrected chi connectivity index (χ4v) is 7.69. The zero-order valence-electron chi connectivity index (χ0n) is 32.2. The predicted octanol–water partition coefficient (Wildman–Crippen LogP) is 8.32. The second-order valence-electron chi connectivity index (χ2n) is 12.9. The number of hydrogen-bond donors (Lipinski definition) is 1. The molecule has 16 heteroatoms. The lowest BCUT2D eigenvalue weighted by Crippen LogP contribution is -2.45. The molecule has 296 valence electrons. The lowest BCUT2D eigenvalue weighted by atomic mass is 9.97. The van der Waals surface area contributed by atoms with Crippen LogP contribution in [0.25, 0.3) is 32.0 Å². The third-order valence-corrected chi connectivity index (χ3v) is 11.0. The average Bonchev–Trinajstić information content (AvgIpc) is 3.95. The highest BCUT2D eigenvalue weighted by molar-refractivity contribution is 7.22. The monoisotopic (exact) mass is 810 g/mol. The van der Waals surface area contributed by atoms with E-state index in [1.165, 1.54) is 47.3 Å². The molecule has 0 aliphatic carbocycles. The molecule has 0 amide bonds. The Balaban J connectivity index is 0.00000567. The second-order valence-corrected chi connectivity index (χ2v) is 14.2. The smallest absolute Gasteiger partial charge is 0.348 e. The topological polar surface area (TPSA) is 128 Å². The van der Waals surface area contributed by atoms with Crippen LogP contribution in [0.3, 0.4) is 0 Å². The summed E-state index contributed by atoms with van der Waals surface area (Å²) in [5.41, 5.74) is 1.33. The molecule has 1 fully saturated rings. The molecule has 0 saturated carbocycles. The van der Waals surface area contributed by atoms with Crippen LogP contribution in [0.1, 0.15) is 40.1 Å². The molecule has 0 radical (unpaired) electrons. The Morgan fingerprint density at radius 2 is 1.88 bits per heavy atom. The van der Waals surface area contributed by atoms with E-state index in [-0.39, 0.29) is 41.5 Å². The number of ether oxygens (including phenoxy) is 3. The van der Waals surface area contributed by atoms with Crippen molar-refractivity contribution in [2.45, 2.75) is 46.7 Å². The minimum atomic E-state index is -2.46. The van der Waals surface area contributed by atoms with E-state index in [9.17, 15) is 14.3 Å². The first-order valence-corrected chi connectivity index (χ1v) is 18.8. The lowest BCUT2D eigenvalue weighted by molar-refractivity contribution is -0.148. The molecule has 1 saturated heterocycles. The van der Waals surface area contributed by atoms with E-state index >= 15 is 4.39 Å². The summed E-state index contributed by atoms with van der Waals surface area (Å²) in [7, 11) is 2.10. The molecule has 56 heavy (non-hydrogen) atoms. The predicted molar refractivity (Wildman–Crippen MR) is 211 cm³/mol. The molecule has 1 aliphatic heterocycles. The first kappa shape index (κ1) is 37.8. The summed E-state index contributed by atoms with van der Waals surface area (Å²) < 4.78 is 72.9. The highest BCUT2D eigenvalue weighted by Gasteiger charge is 2.36. The van der Waals surface area contributed by atoms with Crippen molar-refractivity contribution in [3.8, 4) is 39.1 Å². The maximum Gasteiger partial charge on any atom is 0.348 e. The van der Waals surface area contributed by atoms with Gasteiger partial charge < -0.3 is 28.6 Å². The van der Waals surface area contributed by atoms with E-state index in [0.717, 1.165) is 56.5 Å². The van der Waals surface area contributed by atoms with Gasteiger partial charge in [-0.2, -0.15) is 9.49 Å². The SMILES string of the molecule is C.[2H]C([2H])(Oc1ccccc1[C@H](F)[C@@H](Oc1ncnc2sc(-c3ccc(F)o3)c(-c3ccc(OCCN4CCN(C)CC4)c(Cl)c3C)c12)C(=O)O)c1ccnn1CC. The number of piperazine rings is 1. The number of carboxylic acids is 1. The normalized spacial score (nSPS) is 15.5. The summed E-state index contributed by atoms with van der Waals surface area (Å²) >= 11 is 8.05. The number of aliphatic carboxylic acids is 1. The number of rotatable bonds is 15. The molecular formula is C40H43ClF2N6O6S. The first-order valence-electron chi connectivity index (χ1n) is 18.6. The highest BCUT2D eigenvalue weighted by atomic mass is 35.5. The van der Waals surface area contributed by atoms with Gasteiger partial charge in [0.1, 0.15) is 41.6 Å². The van der Waals surface area contributed by atoms with Gasteiger partial charge in [0.2, 0.25) is 12.0 Å². The number of carboxylic acid groups (broad SMARTS) is 1. The van der Waals surface area contributed by atoms with Crippen molar-refractivity contribution in [3.63, 3.8) is 0 Å². The summed E-state index contributed by atoms with van der Waals surface area (Å²) in [4.78, 5) is 26.8. The molecule has 2 atom stereocenters. The fraction of sp³-hybridized carbons (Fsp3) is 0.350. The molecule has 5 heterocycles. The van der Waals surface area contributed by atoms with Crippen LogP contribution in [0.4, 0.5) is 8.78 Å². The number of alkyl halides is 1. The Labute approximate surface area is 335 Å². The number of nitrogens with zero attached hydrogens (tertiary/aromatic N) is 6. The first-order chi connectivity index (χ1) is 27.4. The van der Waals surface area contributed by atoms with Crippen LogP contribution >= 0.6 is 22.9 Å². The largest absolute Gasteiger partial charge is 0.491 e. The minimum absolute atomic E-state index is 0. The Bertz CT molecular complexity index is 2390. The summed E-state index contributed by atoms with van der Waals surface area (Å²) in [6, 6.07) is 12.3. The zero-order valence-corrected chi connectivity index (χ0v) is 31.7. The molecule has 12 nitrogen and oxygen atoms in total. The van der Waals surface area contributed by atoms with Crippen molar-refractivity contribution in [2.24, 2.45) is 0 Å². The van der Waals surface area contributed by atoms with Crippen LogP contribution in [-0.4, -0.2) is 93.1 Å². The Hall–Kier alpha value is -5.09. The van der Waals surface area contributed by atoms with Crippen LogP contribution in [0.5, 0.6) is 17.4 Å². The number of benzene rings is 2. The molecule has 2 aromatic carbocycles. The van der Waals surface area contributed by atoms with E-state index < -0.39 is 30.8 Å². The second kappa shape index (κ2) is 17.8. The van der Waals surface area contributed by atoms with Gasteiger partial charge in [0.25, 0.3) is 6.01 Å². The number of furan rings is 1. The third-order valence-electron chi connectivity index (χ3n) is 9.38. The standard InChI is InChI=1S/C39H39ClF2N6O6S.CH4/c1-4-48-24(13-14-45-48)21-52-27-8-6-5-7-26(27)34(42)35(39(49)50)54-37-32-31(36(29-11-12-30(41)53-29)55-38(32)44-22-43-37)25-9-10-28(33(40)23(25)2)51-20-19-47-17-15-46(3)16-18-47;/h5-14,22,34-35H,4,15-21H2,1-3H3,(H,49,50);1H4/t34-,35+;/m0./s1/i21D2;. The Morgan fingerprint density at radius 1 is 1.09 bits per heavy atom. The lowest BCUT2D eigenvalue weighted by Gasteiger charge is -2.32. The average molecular weight is 811 g/mol. The molecule has 0 spiro atoms. The van der Waals surface area contributed by atoms with Crippen LogP contribution in [-0.2, 0) is 17.9 Å². The van der Waals surface area contributed by atoms with Crippen molar-refractivity contribution in [3.05, 3.63) is 95.0 Å². The van der Waals surface area contributed by atoms with E-state index in [1.54, 1.807) is 26.0 Å². The van der Waals surface area contributed by atoms with Crippen molar-refractivity contribution < 1.29 is 40.1 Å². The van der Waals surface area contributed by atoms with E-state index in [4.69, 9.17) is 33.0 Å². The van der Waals surface area contributed by atoms with E-state index in [1.807, 2.05) is 0 Å². The molecule has 1 N–H and O–H groups in total. The number of thiophene rings is 1. The van der Waals surface area contributed by atoms with Crippen LogP contribution in [0.2, 0.25) is 5.02 Å². The number of carbonyl (C=O) groups is 1. The van der Waals surface area contributed by atoms with E-state index in [2.05, 4.69) is 31.9 Å². The summed E-state index contributed by atoms with van der Waals surface area (Å²) in [6.45, 7) is 6.43. The molecule has 0 unspecified atom stereocenters. The van der Waals surface area contributed by atoms with Crippen molar-refractivity contribution in [2.75, 3.05) is 46.4 Å². The van der Waals surface area contributed by atoms with Crippen LogP contribution in [0, 0.1) is 12.9 Å².